The molecule has 1 aromatic carbocycles. The zero-order chi connectivity index (χ0) is 13.2. The van der Waals surface area contributed by atoms with Gasteiger partial charge in [-0.1, -0.05) is 0 Å². The minimum Gasteiger partial charge on any atom is -0.494 e. The van der Waals surface area contributed by atoms with Gasteiger partial charge < -0.3 is 9.64 Å². The van der Waals surface area contributed by atoms with Crippen LogP contribution < -0.4 is 9.64 Å². The van der Waals surface area contributed by atoms with Gasteiger partial charge >= 0.3 is 0 Å². The highest BCUT2D eigenvalue weighted by Gasteiger charge is 2.34. The maximum absolute atomic E-state index is 5.52. The third-order valence-corrected chi connectivity index (χ3v) is 4.42. The van der Waals surface area contributed by atoms with Crippen molar-refractivity contribution in [2.75, 3.05) is 31.1 Å². The van der Waals surface area contributed by atoms with Gasteiger partial charge in [-0.2, -0.15) is 0 Å². The van der Waals surface area contributed by atoms with Crippen LogP contribution in [0, 0.1) is 0 Å². The van der Waals surface area contributed by atoms with E-state index in [1.165, 1.54) is 38.2 Å². The number of nitrogens with zero attached hydrogens (tertiary/aromatic N) is 2. The number of hydrogen-bond acceptors (Lipinski definition) is 3. The fourth-order valence-electron chi connectivity index (χ4n) is 3.45. The lowest BCUT2D eigenvalue weighted by Gasteiger charge is -2.43. The van der Waals surface area contributed by atoms with Gasteiger partial charge in [-0.15, -0.1) is 0 Å². The predicted molar refractivity (Wildman–Crippen MR) is 79.0 cm³/mol. The third-order valence-electron chi connectivity index (χ3n) is 4.42. The molecule has 3 heteroatoms. The maximum Gasteiger partial charge on any atom is 0.119 e. The predicted octanol–water partition coefficient (Wildman–Crippen LogP) is 2.76. The smallest absolute Gasteiger partial charge is 0.119 e. The normalized spacial score (nSPS) is 27.4. The molecule has 0 radical (unpaired) electrons. The summed E-state index contributed by atoms with van der Waals surface area (Å²) in [7, 11) is 0. The van der Waals surface area contributed by atoms with E-state index in [2.05, 4.69) is 41.0 Å². The van der Waals surface area contributed by atoms with Crippen molar-refractivity contribution in [3.05, 3.63) is 24.3 Å². The highest BCUT2D eigenvalue weighted by Crippen LogP contribution is 2.29. The van der Waals surface area contributed by atoms with Gasteiger partial charge in [0, 0.05) is 30.9 Å². The summed E-state index contributed by atoms with van der Waals surface area (Å²) in [5.41, 5.74) is 1.34. The number of piperazine rings is 1. The number of ether oxygens (including phenoxy) is 1. The summed E-state index contributed by atoms with van der Waals surface area (Å²) in [4.78, 5) is 5.22. The zero-order valence-corrected chi connectivity index (χ0v) is 12.0. The Morgan fingerprint density at radius 2 is 2.00 bits per heavy atom. The number of rotatable bonds is 3. The number of hydrogen-bond donors (Lipinski definition) is 0. The molecule has 0 spiro atoms. The zero-order valence-electron chi connectivity index (χ0n) is 12.0. The Kier molecular flexibility index (Phi) is 3.65. The average Bonchev–Trinajstić information content (AvgIpc) is 2.86. The molecule has 0 bridgehead atoms. The van der Waals surface area contributed by atoms with E-state index >= 15 is 0 Å². The van der Waals surface area contributed by atoms with Gasteiger partial charge in [-0.3, -0.25) is 4.90 Å². The molecule has 2 aliphatic rings. The van der Waals surface area contributed by atoms with Crippen LogP contribution in [-0.2, 0) is 0 Å². The van der Waals surface area contributed by atoms with Gasteiger partial charge in [0.2, 0.25) is 0 Å². The standard InChI is InChI=1S/C16H24N2O/c1-3-19-16-8-6-14(7-9-16)18-12-15-5-4-10-17(15)11-13(18)2/h6-9,13,15H,3-5,10-12H2,1-2H3. The fourth-order valence-corrected chi connectivity index (χ4v) is 3.45. The maximum atomic E-state index is 5.52. The van der Waals surface area contributed by atoms with Crippen molar-refractivity contribution in [1.82, 2.24) is 4.90 Å². The van der Waals surface area contributed by atoms with Crippen LogP contribution in [0.25, 0.3) is 0 Å². The molecule has 19 heavy (non-hydrogen) atoms. The first-order chi connectivity index (χ1) is 9.28. The molecule has 104 valence electrons. The largest absolute Gasteiger partial charge is 0.494 e. The van der Waals surface area contributed by atoms with Crippen molar-refractivity contribution in [3.8, 4) is 5.75 Å². The van der Waals surface area contributed by atoms with E-state index < -0.39 is 0 Å². The van der Waals surface area contributed by atoms with Crippen molar-refractivity contribution in [2.24, 2.45) is 0 Å². The molecule has 0 saturated carbocycles. The molecule has 2 aliphatic heterocycles. The van der Waals surface area contributed by atoms with Gasteiger partial charge in [-0.25, -0.2) is 0 Å². The highest BCUT2D eigenvalue weighted by atomic mass is 16.5. The molecule has 3 nitrogen and oxygen atoms in total. The van der Waals surface area contributed by atoms with Crippen molar-refractivity contribution in [2.45, 2.75) is 38.8 Å². The van der Waals surface area contributed by atoms with Crippen LogP contribution in [-0.4, -0.2) is 43.2 Å². The molecule has 2 saturated heterocycles. The molecule has 2 atom stereocenters. The second kappa shape index (κ2) is 5.41. The molecular formula is C16H24N2O. The lowest BCUT2D eigenvalue weighted by molar-refractivity contribution is 0.203. The Hall–Kier alpha value is -1.22. The van der Waals surface area contributed by atoms with Crippen LogP contribution in [0.3, 0.4) is 0 Å². The van der Waals surface area contributed by atoms with Crippen molar-refractivity contribution >= 4 is 5.69 Å². The van der Waals surface area contributed by atoms with Crippen LogP contribution in [0.4, 0.5) is 5.69 Å². The van der Waals surface area contributed by atoms with Crippen LogP contribution in [0.15, 0.2) is 24.3 Å². The van der Waals surface area contributed by atoms with Gasteiger partial charge in [0.15, 0.2) is 0 Å². The molecule has 2 unspecified atom stereocenters. The summed E-state index contributed by atoms with van der Waals surface area (Å²) < 4.78 is 5.52. The molecule has 0 N–H and O–H groups in total. The van der Waals surface area contributed by atoms with E-state index in [0.717, 1.165) is 18.4 Å². The van der Waals surface area contributed by atoms with E-state index in [9.17, 15) is 0 Å². The topological polar surface area (TPSA) is 15.7 Å². The number of benzene rings is 1. The summed E-state index contributed by atoms with van der Waals surface area (Å²) in [6, 6.07) is 9.95. The third kappa shape index (κ3) is 2.57. The fraction of sp³-hybridized carbons (Fsp3) is 0.625. The Morgan fingerprint density at radius 3 is 2.74 bits per heavy atom. The quantitative estimate of drug-likeness (QED) is 0.831. The minimum atomic E-state index is 0.604. The minimum absolute atomic E-state index is 0.604. The lowest BCUT2D eigenvalue weighted by atomic mass is 10.1. The Balaban J connectivity index is 1.73. The van der Waals surface area contributed by atoms with E-state index in [0.29, 0.717) is 6.04 Å². The Morgan fingerprint density at radius 1 is 1.21 bits per heavy atom. The second-order valence-electron chi connectivity index (χ2n) is 5.72. The van der Waals surface area contributed by atoms with Gasteiger partial charge in [0.05, 0.1) is 6.61 Å². The van der Waals surface area contributed by atoms with Crippen LogP contribution in [0.2, 0.25) is 0 Å². The van der Waals surface area contributed by atoms with Crippen molar-refractivity contribution in [1.29, 1.82) is 0 Å². The molecule has 2 fully saturated rings. The molecule has 3 rings (SSSR count). The Labute approximate surface area is 116 Å². The van der Waals surface area contributed by atoms with E-state index in [-0.39, 0.29) is 0 Å². The van der Waals surface area contributed by atoms with Gasteiger partial charge in [-0.05, 0) is 57.5 Å². The summed E-state index contributed by atoms with van der Waals surface area (Å²) >= 11 is 0. The van der Waals surface area contributed by atoms with E-state index in [1.54, 1.807) is 0 Å². The van der Waals surface area contributed by atoms with Crippen LogP contribution >= 0.6 is 0 Å². The monoisotopic (exact) mass is 260 g/mol. The summed E-state index contributed by atoms with van der Waals surface area (Å²) in [5, 5.41) is 0. The van der Waals surface area contributed by atoms with Gasteiger partial charge in [0.1, 0.15) is 5.75 Å². The molecule has 0 aliphatic carbocycles. The number of anilines is 1. The molecule has 2 heterocycles. The first-order valence-electron chi connectivity index (χ1n) is 7.51. The summed E-state index contributed by atoms with van der Waals surface area (Å²) in [6.45, 7) is 8.77. The second-order valence-corrected chi connectivity index (χ2v) is 5.72. The van der Waals surface area contributed by atoms with Crippen LogP contribution in [0.5, 0.6) is 5.75 Å². The molecule has 1 aromatic rings. The van der Waals surface area contributed by atoms with E-state index in [4.69, 9.17) is 4.74 Å². The molecule has 0 amide bonds. The first-order valence-corrected chi connectivity index (χ1v) is 7.51. The SMILES string of the molecule is CCOc1ccc(N2CC3CCCN3CC2C)cc1. The molecule has 0 aromatic heterocycles. The highest BCUT2D eigenvalue weighted by molar-refractivity contribution is 5.50. The average molecular weight is 260 g/mol. The Bertz CT molecular complexity index is 417. The van der Waals surface area contributed by atoms with Crippen molar-refractivity contribution < 1.29 is 4.74 Å². The summed E-state index contributed by atoms with van der Waals surface area (Å²) in [6.07, 6.45) is 2.73. The number of fused-ring (bicyclic) bond motifs is 1. The van der Waals surface area contributed by atoms with Crippen LogP contribution in [0.1, 0.15) is 26.7 Å². The van der Waals surface area contributed by atoms with Gasteiger partial charge in [0.25, 0.3) is 0 Å². The lowest BCUT2D eigenvalue weighted by Crippen LogP contribution is -2.55. The van der Waals surface area contributed by atoms with Crippen molar-refractivity contribution in [3.63, 3.8) is 0 Å². The summed E-state index contributed by atoms with van der Waals surface area (Å²) in [5.74, 6) is 0.971. The van der Waals surface area contributed by atoms with E-state index in [1.807, 2.05) is 6.92 Å². The first kappa shape index (κ1) is 12.8. The molecular weight excluding hydrogens is 236 g/mol.